The van der Waals surface area contributed by atoms with Crippen LogP contribution in [0.25, 0.3) is 0 Å². The molecule has 0 aromatic heterocycles. The van der Waals surface area contributed by atoms with Gasteiger partial charge in [0, 0.05) is 18.5 Å². The molecule has 0 radical (unpaired) electrons. The summed E-state index contributed by atoms with van der Waals surface area (Å²) in [4.78, 5) is 11.3. The zero-order valence-electron chi connectivity index (χ0n) is 10.2. The SMILES string of the molecule is C#CCCC(=O)Nc1cccc(C)c1.CC. The molecule has 2 heteroatoms. The van der Waals surface area contributed by atoms with Crippen LogP contribution >= 0.6 is 0 Å². The van der Waals surface area contributed by atoms with Crippen LogP contribution in [0.15, 0.2) is 24.3 Å². The van der Waals surface area contributed by atoms with E-state index in [1.807, 2.05) is 45.0 Å². The Bertz CT molecular complexity index is 363. The van der Waals surface area contributed by atoms with Crippen molar-refractivity contribution in [1.82, 2.24) is 0 Å². The van der Waals surface area contributed by atoms with Crippen LogP contribution in [-0.4, -0.2) is 5.91 Å². The summed E-state index contributed by atoms with van der Waals surface area (Å²) in [7, 11) is 0. The topological polar surface area (TPSA) is 29.1 Å². The zero-order chi connectivity index (χ0) is 12.4. The van der Waals surface area contributed by atoms with Crippen molar-refractivity contribution < 1.29 is 4.79 Å². The Morgan fingerprint density at radius 1 is 1.44 bits per heavy atom. The fourth-order valence-electron chi connectivity index (χ4n) is 1.13. The molecule has 2 nitrogen and oxygen atoms in total. The fraction of sp³-hybridized carbons (Fsp3) is 0.357. The summed E-state index contributed by atoms with van der Waals surface area (Å²) >= 11 is 0. The minimum absolute atomic E-state index is 0.0337. The van der Waals surface area contributed by atoms with Crippen LogP contribution in [0.2, 0.25) is 0 Å². The lowest BCUT2D eigenvalue weighted by molar-refractivity contribution is -0.116. The lowest BCUT2D eigenvalue weighted by atomic mass is 10.2. The maximum Gasteiger partial charge on any atom is 0.225 e. The molecule has 0 bridgehead atoms. The molecule has 0 atom stereocenters. The van der Waals surface area contributed by atoms with Gasteiger partial charge < -0.3 is 5.32 Å². The average Bonchev–Trinajstić information content (AvgIpc) is 2.29. The maximum atomic E-state index is 11.3. The van der Waals surface area contributed by atoms with Crippen LogP contribution in [0.1, 0.15) is 32.3 Å². The number of carbonyl (C=O) groups excluding carboxylic acids is 1. The van der Waals surface area contributed by atoms with Crippen molar-refractivity contribution >= 4 is 11.6 Å². The number of carbonyl (C=O) groups is 1. The van der Waals surface area contributed by atoms with Gasteiger partial charge in [0.05, 0.1) is 0 Å². The summed E-state index contributed by atoms with van der Waals surface area (Å²) in [6.45, 7) is 5.98. The first-order chi connectivity index (χ1) is 7.72. The minimum Gasteiger partial charge on any atom is -0.326 e. The number of aryl methyl sites for hydroxylation is 1. The van der Waals surface area contributed by atoms with E-state index >= 15 is 0 Å². The Balaban J connectivity index is 0.00000106. The van der Waals surface area contributed by atoms with Gasteiger partial charge in [-0.05, 0) is 24.6 Å². The molecule has 0 aliphatic carbocycles. The van der Waals surface area contributed by atoms with Gasteiger partial charge in [-0.2, -0.15) is 0 Å². The lowest BCUT2D eigenvalue weighted by Crippen LogP contribution is -2.10. The molecule has 0 aliphatic heterocycles. The highest BCUT2D eigenvalue weighted by atomic mass is 16.1. The van der Waals surface area contributed by atoms with E-state index in [-0.39, 0.29) is 5.91 Å². The molecule has 0 fully saturated rings. The highest BCUT2D eigenvalue weighted by Crippen LogP contribution is 2.09. The van der Waals surface area contributed by atoms with E-state index in [2.05, 4.69) is 11.2 Å². The molecule has 0 spiro atoms. The second-order valence-corrected chi connectivity index (χ2v) is 3.12. The fourth-order valence-corrected chi connectivity index (χ4v) is 1.13. The molecule has 16 heavy (non-hydrogen) atoms. The van der Waals surface area contributed by atoms with E-state index in [4.69, 9.17) is 6.42 Å². The van der Waals surface area contributed by atoms with Crippen LogP contribution in [0.4, 0.5) is 5.69 Å². The van der Waals surface area contributed by atoms with Gasteiger partial charge >= 0.3 is 0 Å². The smallest absolute Gasteiger partial charge is 0.225 e. The van der Waals surface area contributed by atoms with Crippen molar-refractivity contribution in [2.75, 3.05) is 5.32 Å². The minimum atomic E-state index is -0.0337. The summed E-state index contributed by atoms with van der Waals surface area (Å²) < 4.78 is 0. The standard InChI is InChI=1S/C12H13NO.C2H6/c1-3-4-8-12(14)13-11-7-5-6-10(2)9-11;1-2/h1,5-7,9H,4,8H2,2H3,(H,13,14);1-2H3. The summed E-state index contributed by atoms with van der Waals surface area (Å²) in [6, 6.07) is 7.68. The highest BCUT2D eigenvalue weighted by molar-refractivity contribution is 5.90. The monoisotopic (exact) mass is 217 g/mol. The number of anilines is 1. The predicted octanol–water partition coefficient (Wildman–Crippen LogP) is 3.37. The van der Waals surface area contributed by atoms with E-state index in [0.29, 0.717) is 12.8 Å². The first kappa shape index (κ1) is 14.2. The predicted molar refractivity (Wildman–Crippen MR) is 69.2 cm³/mol. The van der Waals surface area contributed by atoms with Gasteiger partial charge in [0.1, 0.15) is 0 Å². The third-order valence-electron chi connectivity index (χ3n) is 1.80. The zero-order valence-corrected chi connectivity index (χ0v) is 10.2. The van der Waals surface area contributed by atoms with Crippen molar-refractivity contribution in [2.45, 2.75) is 33.6 Å². The molecule has 0 saturated heterocycles. The van der Waals surface area contributed by atoms with E-state index in [1.165, 1.54) is 0 Å². The number of rotatable bonds is 3. The summed E-state index contributed by atoms with van der Waals surface area (Å²) in [5.41, 5.74) is 1.95. The third kappa shape index (κ3) is 5.87. The highest BCUT2D eigenvalue weighted by Gasteiger charge is 2.00. The lowest BCUT2D eigenvalue weighted by Gasteiger charge is -2.04. The maximum absolute atomic E-state index is 11.3. The molecule has 1 aromatic carbocycles. The second-order valence-electron chi connectivity index (χ2n) is 3.12. The van der Waals surface area contributed by atoms with Crippen LogP contribution in [0.5, 0.6) is 0 Å². The van der Waals surface area contributed by atoms with Crippen LogP contribution in [0, 0.1) is 19.3 Å². The molecule has 0 unspecified atom stereocenters. The normalized spacial score (nSPS) is 8.38. The van der Waals surface area contributed by atoms with Gasteiger partial charge in [-0.3, -0.25) is 4.79 Å². The molecule has 86 valence electrons. The quantitative estimate of drug-likeness (QED) is 0.773. The Morgan fingerprint density at radius 3 is 2.69 bits per heavy atom. The van der Waals surface area contributed by atoms with Gasteiger partial charge in [-0.15, -0.1) is 12.3 Å². The van der Waals surface area contributed by atoms with E-state index < -0.39 is 0 Å². The van der Waals surface area contributed by atoms with Crippen molar-refractivity contribution in [1.29, 1.82) is 0 Å². The van der Waals surface area contributed by atoms with Gasteiger partial charge in [0.25, 0.3) is 0 Å². The van der Waals surface area contributed by atoms with Crippen LogP contribution in [-0.2, 0) is 4.79 Å². The Hall–Kier alpha value is -1.75. The third-order valence-corrected chi connectivity index (χ3v) is 1.80. The number of amides is 1. The Morgan fingerprint density at radius 2 is 2.12 bits per heavy atom. The number of nitrogens with one attached hydrogen (secondary N) is 1. The van der Waals surface area contributed by atoms with Crippen molar-refractivity contribution in [2.24, 2.45) is 0 Å². The molecule has 1 N–H and O–H groups in total. The van der Waals surface area contributed by atoms with Crippen LogP contribution in [0.3, 0.4) is 0 Å². The average molecular weight is 217 g/mol. The Labute approximate surface area is 98.1 Å². The number of terminal acetylenes is 1. The summed E-state index contributed by atoms with van der Waals surface area (Å²) in [5, 5.41) is 2.78. The molecular formula is C14H19NO. The van der Waals surface area contributed by atoms with Crippen molar-refractivity contribution in [3.8, 4) is 12.3 Å². The van der Waals surface area contributed by atoms with E-state index in [9.17, 15) is 4.79 Å². The van der Waals surface area contributed by atoms with Gasteiger partial charge in [-0.1, -0.05) is 26.0 Å². The van der Waals surface area contributed by atoms with Crippen molar-refractivity contribution in [3.63, 3.8) is 0 Å². The first-order valence-electron chi connectivity index (χ1n) is 5.52. The number of hydrogen-bond donors (Lipinski definition) is 1. The molecule has 1 amide bonds. The molecule has 1 aromatic rings. The Kier molecular flexibility index (Phi) is 7.61. The summed E-state index contributed by atoms with van der Waals surface area (Å²) in [6.07, 6.45) is 5.93. The molecule has 0 heterocycles. The van der Waals surface area contributed by atoms with Crippen molar-refractivity contribution in [3.05, 3.63) is 29.8 Å². The van der Waals surface area contributed by atoms with E-state index in [0.717, 1.165) is 11.3 Å². The molecule has 1 rings (SSSR count). The second kappa shape index (κ2) is 8.55. The van der Waals surface area contributed by atoms with Gasteiger partial charge in [0.15, 0.2) is 0 Å². The largest absolute Gasteiger partial charge is 0.326 e. The van der Waals surface area contributed by atoms with Gasteiger partial charge in [0.2, 0.25) is 5.91 Å². The molecule has 0 saturated carbocycles. The van der Waals surface area contributed by atoms with Crippen LogP contribution < -0.4 is 5.32 Å². The van der Waals surface area contributed by atoms with E-state index in [1.54, 1.807) is 0 Å². The first-order valence-corrected chi connectivity index (χ1v) is 5.52. The molecular weight excluding hydrogens is 198 g/mol. The number of hydrogen-bond acceptors (Lipinski definition) is 1. The number of benzene rings is 1. The van der Waals surface area contributed by atoms with Gasteiger partial charge in [-0.25, -0.2) is 0 Å². The summed E-state index contributed by atoms with van der Waals surface area (Å²) in [5.74, 6) is 2.40. The molecule has 0 aliphatic rings.